The van der Waals surface area contributed by atoms with Crippen molar-refractivity contribution in [3.8, 4) is 6.07 Å². The van der Waals surface area contributed by atoms with Crippen LogP contribution in [0.3, 0.4) is 0 Å². The van der Waals surface area contributed by atoms with Gasteiger partial charge in [0.2, 0.25) is 0 Å². The van der Waals surface area contributed by atoms with Crippen LogP contribution >= 0.6 is 0 Å². The highest BCUT2D eigenvalue weighted by molar-refractivity contribution is 5.95. The number of nitrogens with zero attached hydrogens (tertiary/aromatic N) is 6. The average molecular weight is 293 g/mol. The summed E-state index contributed by atoms with van der Waals surface area (Å²) in [6.07, 6.45) is 2.75. The predicted molar refractivity (Wildman–Crippen MR) is 76.6 cm³/mol. The monoisotopic (exact) mass is 293 g/mol. The van der Waals surface area contributed by atoms with E-state index in [2.05, 4.69) is 15.4 Å². The number of nitriles is 1. The Morgan fingerprint density at radius 1 is 1.32 bits per heavy atom. The van der Waals surface area contributed by atoms with Crippen molar-refractivity contribution in [2.24, 2.45) is 0 Å². The number of hydrogen-bond donors (Lipinski definition) is 1. The molecule has 3 aromatic rings. The van der Waals surface area contributed by atoms with E-state index >= 15 is 0 Å². The van der Waals surface area contributed by atoms with Gasteiger partial charge in [-0.15, -0.1) is 5.10 Å². The molecule has 2 aromatic heterocycles. The summed E-state index contributed by atoms with van der Waals surface area (Å²) in [5, 5.41) is 20.4. The summed E-state index contributed by atoms with van der Waals surface area (Å²) in [6.45, 7) is 0.499. The lowest BCUT2D eigenvalue weighted by Gasteiger charge is -2.00. The number of carbonyl (C=O) groups is 1. The van der Waals surface area contributed by atoms with Crippen molar-refractivity contribution in [1.29, 1.82) is 5.26 Å². The van der Waals surface area contributed by atoms with Crippen molar-refractivity contribution in [2.75, 3.05) is 5.73 Å². The van der Waals surface area contributed by atoms with Crippen molar-refractivity contribution in [2.45, 2.75) is 6.54 Å². The van der Waals surface area contributed by atoms with Crippen LogP contribution in [0.4, 0.5) is 5.82 Å². The first-order chi connectivity index (χ1) is 10.7. The molecule has 3 rings (SSSR count). The maximum atomic E-state index is 12.3. The minimum atomic E-state index is -0.529. The van der Waals surface area contributed by atoms with Crippen LogP contribution in [0.2, 0.25) is 0 Å². The largest absolute Gasteiger partial charge is 0.382 e. The number of carbonyl (C=O) groups excluding carboxylic acids is 1. The van der Waals surface area contributed by atoms with Gasteiger partial charge < -0.3 is 5.73 Å². The molecule has 0 bridgehead atoms. The number of aromatic nitrogens is 5. The molecule has 0 saturated heterocycles. The zero-order chi connectivity index (χ0) is 15.5. The molecular formula is C14H11N7O. The van der Waals surface area contributed by atoms with Gasteiger partial charge in [0.05, 0.1) is 18.9 Å². The van der Waals surface area contributed by atoms with Gasteiger partial charge in [-0.3, -0.25) is 4.79 Å². The fourth-order valence-electron chi connectivity index (χ4n) is 1.96. The van der Waals surface area contributed by atoms with Crippen molar-refractivity contribution in [1.82, 2.24) is 24.8 Å². The fraction of sp³-hybridized carbons (Fsp3) is 0.0714. The van der Waals surface area contributed by atoms with E-state index in [9.17, 15) is 4.79 Å². The van der Waals surface area contributed by atoms with Crippen molar-refractivity contribution < 1.29 is 4.79 Å². The molecule has 1 aromatic carbocycles. The van der Waals surface area contributed by atoms with E-state index in [0.29, 0.717) is 6.54 Å². The molecule has 0 fully saturated rings. The van der Waals surface area contributed by atoms with Crippen LogP contribution in [-0.4, -0.2) is 30.7 Å². The molecule has 0 aliphatic rings. The molecule has 2 heterocycles. The van der Waals surface area contributed by atoms with Crippen LogP contribution in [0.25, 0.3) is 0 Å². The molecule has 2 N–H and O–H groups in total. The van der Waals surface area contributed by atoms with E-state index in [-0.39, 0.29) is 17.1 Å². The highest BCUT2D eigenvalue weighted by Crippen LogP contribution is 2.11. The highest BCUT2D eigenvalue weighted by Gasteiger charge is 2.18. The van der Waals surface area contributed by atoms with Crippen molar-refractivity contribution in [3.63, 3.8) is 0 Å². The minimum Gasteiger partial charge on any atom is -0.382 e. The van der Waals surface area contributed by atoms with Gasteiger partial charge >= 0.3 is 5.91 Å². The van der Waals surface area contributed by atoms with Gasteiger partial charge in [0.15, 0.2) is 5.69 Å². The van der Waals surface area contributed by atoms with Crippen molar-refractivity contribution in [3.05, 3.63) is 59.5 Å². The highest BCUT2D eigenvalue weighted by atomic mass is 16.2. The third-order valence-corrected chi connectivity index (χ3v) is 3.06. The first-order valence-electron chi connectivity index (χ1n) is 6.41. The normalized spacial score (nSPS) is 10.3. The Balaban J connectivity index is 1.83. The predicted octanol–water partition coefficient (Wildman–Crippen LogP) is 0.665. The molecule has 108 valence electrons. The molecule has 0 atom stereocenters. The minimum absolute atomic E-state index is 0.00916. The summed E-state index contributed by atoms with van der Waals surface area (Å²) in [7, 11) is 0. The number of anilines is 1. The van der Waals surface area contributed by atoms with E-state index in [1.54, 1.807) is 4.68 Å². The Morgan fingerprint density at radius 2 is 2.09 bits per heavy atom. The number of nitrogen functional groups attached to an aromatic ring is 1. The van der Waals surface area contributed by atoms with Gasteiger partial charge in [0, 0.05) is 0 Å². The quantitative estimate of drug-likeness (QED) is 0.758. The van der Waals surface area contributed by atoms with E-state index in [1.807, 2.05) is 36.4 Å². The van der Waals surface area contributed by atoms with Crippen LogP contribution < -0.4 is 5.73 Å². The Hall–Kier alpha value is -3.47. The SMILES string of the molecule is N#Cc1cnn(C(=O)c2cn(Cc3ccccc3)nn2)c1N. The first-order valence-corrected chi connectivity index (χ1v) is 6.41. The molecule has 0 saturated carbocycles. The lowest BCUT2D eigenvalue weighted by molar-refractivity contribution is 0.0943. The molecule has 8 nitrogen and oxygen atoms in total. The van der Waals surface area contributed by atoms with E-state index in [0.717, 1.165) is 10.2 Å². The Morgan fingerprint density at radius 3 is 2.77 bits per heavy atom. The molecule has 0 spiro atoms. The summed E-state index contributed by atoms with van der Waals surface area (Å²) in [5.74, 6) is -0.538. The molecule has 8 heteroatoms. The molecule has 0 amide bonds. The second kappa shape index (κ2) is 5.49. The van der Waals surface area contributed by atoms with E-state index < -0.39 is 5.91 Å². The summed E-state index contributed by atoms with van der Waals surface area (Å²) < 4.78 is 2.49. The van der Waals surface area contributed by atoms with Gasteiger partial charge in [-0.1, -0.05) is 35.5 Å². The van der Waals surface area contributed by atoms with Gasteiger partial charge in [0.25, 0.3) is 0 Å². The maximum absolute atomic E-state index is 12.3. The van der Waals surface area contributed by atoms with E-state index in [4.69, 9.17) is 11.0 Å². The van der Waals surface area contributed by atoms with Crippen molar-refractivity contribution >= 4 is 11.7 Å². The molecule has 0 aliphatic heterocycles. The Kier molecular flexibility index (Phi) is 3.37. The lowest BCUT2D eigenvalue weighted by Crippen LogP contribution is -2.16. The van der Waals surface area contributed by atoms with Gasteiger partial charge in [-0.2, -0.15) is 15.0 Å². The topological polar surface area (TPSA) is 115 Å². The summed E-state index contributed by atoms with van der Waals surface area (Å²) in [5.41, 5.74) is 6.97. The maximum Gasteiger partial charge on any atom is 0.302 e. The van der Waals surface area contributed by atoms with Crippen LogP contribution in [-0.2, 0) is 6.54 Å². The third-order valence-electron chi connectivity index (χ3n) is 3.06. The van der Waals surface area contributed by atoms with Gasteiger partial charge in [0.1, 0.15) is 17.5 Å². The first kappa shape index (κ1) is 13.5. The van der Waals surface area contributed by atoms with E-state index in [1.165, 1.54) is 12.4 Å². The Bertz CT molecular complexity index is 857. The summed E-state index contributed by atoms with van der Waals surface area (Å²) in [6, 6.07) is 11.5. The zero-order valence-electron chi connectivity index (χ0n) is 11.4. The van der Waals surface area contributed by atoms with Gasteiger partial charge in [-0.05, 0) is 5.56 Å². The second-order valence-electron chi connectivity index (χ2n) is 4.56. The number of hydrogen-bond acceptors (Lipinski definition) is 6. The van der Waals surface area contributed by atoms with Gasteiger partial charge in [-0.25, -0.2) is 4.68 Å². The average Bonchev–Trinajstić information content (AvgIpc) is 3.14. The number of nitrogens with two attached hydrogens (primary N) is 1. The summed E-state index contributed by atoms with van der Waals surface area (Å²) in [4.78, 5) is 12.3. The standard InChI is InChI=1S/C14H11N7O/c15-6-11-7-17-21(13(11)16)14(22)12-9-20(19-18-12)8-10-4-2-1-3-5-10/h1-5,7,9H,8,16H2. The van der Waals surface area contributed by atoms with Crippen LogP contribution in [0.5, 0.6) is 0 Å². The zero-order valence-corrected chi connectivity index (χ0v) is 11.4. The Labute approximate surface area is 125 Å². The molecule has 0 radical (unpaired) electrons. The fourth-order valence-corrected chi connectivity index (χ4v) is 1.96. The third kappa shape index (κ3) is 2.43. The molecular weight excluding hydrogens is 282 g/mol. The van der Waals surface area contributed by atoms with Crippen LogP contribution in [0, 0.1) is 11.3 Å². The summed E-state index contributed by atoms with van der Waals surface area (Å²) >= 11 is 0. The lowest BCUT2D eigenvalue weighted by atomic mass is 10.2. The molecule has 0 aliphatic carbocycles. The van der Waals surface area contributed by atoms with Crippen LogP contribution in [0.15, 0.2) is 42.7 Å². The molecule has 22 heavy (non-hydrogen) atoms. The number of benzene rings is 1. The smallest absolute Gasteiger partial charge is 0.302 e. The number of rotatable bonds is 3. The second-order valence-corrected chi connectivity index (χ2v) is 4.56. The molecule has 0 unspecified atom stereocenters. The van der Waals surface area contributed by atoms with Crippen LogP contribution in [0.1, 0.15) is 21.6 Å².